The molecule has 4 aromatic heterocycles. The molecule has 0 saturated heterocycles. The highest BCUT2D eigenvalue weighted by atomic mass is 16.1. The Hall–Kier alpha value is -3.41. The molecule has 4 heterocycles. The molecular formula is C21H19N5O. The predicted molar refractivity (Wildman–Crippen MR) is 103 cm³/mol. The van der Waals surface area contributed by atoms with Crippen molar-refractivity contribution in [3.63, 3.8) is 0 Å². The molecule has 0 aliphatic carbocycles. The number of carbonyl (C=O) groups excluding carboxylic acids is 1. The van der Waals surface area contributed by atoms with Crippen LogP contribution in [0.25, 0.3) is 22.2 Å². The number of carbonyl (C=O) groups is 1. The zero-order valence-electron chi connectivity index (χ0n) is 15.0. The monoisotopic (exact) mass is 357 g/mol. The van der Waals surface area contributed by atoms with Gasteiger partial charge in [-0.25, -0.2) is 4.98 Å². The van der Waals surface area contributed by atoms with Crippen LogP contribution in [0.3, 0.4) is 0 Å². The summed E-state index contributed by atoms with van der Waals surface area (Å²) >= 11 is 0. The average molecular weight is 357 g/mol. The summed E-state index contributed by atoms with van der Waals surface area (Å²) in [6, 6.07) is 9.73. The zero-order valence-corrected chi connectivity index (χ0v) is 15.0. The van der Waals surface area contributed by atoms with E-state index in [0.29, 0.717) is 12.8 Å². The molecule has 27 heavy (non-hydrogen) atoms. The van der Waals surface area contributed by atoms with Crippen LogP contribution in [0.5, 0.6) is 0 Å². The second kappa shape index (κ2) is 7.45. The maximum atomic E-state index is 12.3. The number of rotatable bonds is 6. The SMILES string of the molecule is Cn1cc(-c2ccc3cnc(CC(=O)CCc4ccncc4)cc3n2)cn1. The first-order valence-corrected chi connectivity index (χ1v) is 8.83. The topological polar surface area (TPSA) is 73.6 Å². The van der Waals surface area contributed by atoms with Crippen molar-refractivity contribution in [2.24, 2.45) is 7.05 Å². The summed E-state index contributed by atoms with van der Waals surface area (Å²) in [4.78, 5) is 25.4. The molecule has 0 fully saturated rings. The van der Waals surface area contributed by atoms with Crippen LogP contribution in [0.1, 0.15) is 17.7 Å². The number of pyridine rings is 3. The van der Waals surface area contributed by atoms with Gasteiger partial charge in [0.15, 0.2) is 0 Å². The Balaban J connectivity index is 1.49. The number of fused-ring (bicyclic) bond motifs is 1. The molecule has 0 aliphatic heterocycles. The highest BCUT2D eigenvalue weighted by Crippen LogP contribution is 2.20. The van der Waals surface area contributed by atoms with Crippen LogP contribution < -0.4 is 0 Å². The number of hydrogen-bond acceptors (Lipinski definition) is 5. The molecule has 0 aliphatic rings. The molecule has 6 heteroatoms. The second-order valence-electron chi connectivity index (χ2n) is 6.54. The first-order chi connectivity index (χ1) is 13.2. The Morgan fingerprint density at radius 3 is 2.74 bits per heavy atom. The van der Waals surface area contributed by atoms with Crippen LogP contribution in [0, 0.1) is 0 Å². The van der Waals surface area contributed by atoms with Crippen molar-refractivity contribution in [2.45, 2.75) is 19.3 Å². The van der Waals surface area contributed by atoms with Crippen molar-refractivity contribution in [3.05, 3.63) is 72.6 Å². The van der Waals surface area contributed by atoms with E-state index >= 15 is 0 Å². The fourth-order valence-electron chi connectivity index (χ4n) is 2.99. The summed E-state index contributed by atoms with van der Waals surface area (Å²) < 4.78 is 1.75. The molecule has 134 valence electrons. The minimum absolute atomic E-state index is 0.169. The fourth-order valence-corrected chi connectivity index (χ4v) is 2.99. The van der Waals surface area contributed by atoms with E-state index in [1.165, 1.54) is 0 Å². The number of aromatic nitrogens is 5. The minimum atomic E-state index is 0.169. The second-order valence-corrected chi connectivity index (χ2v) is 6.54. The fraction of sp³-hybridized carbons (Fsp3) is 0.190. The molecule has 0 N–H and O–H groups in total. The molecule has 0 aromatic carbocycles. The van der Waals surface area contributed by atoms with E-state index in [0.717, 1.165) is 39.8 Å². The van der Waals surface area contributed by atoms with Crippen molar-refractivity contribution in [1.82, 2.24) is 24.7 Å². The summed E-state index contributed by atoms with van der Waals surface area (Å²) in [6.07, 6.45) is 10.5. The third-order valence-electron chi connectivity index (χ3n) is 4.45. The molecule has 0 spiro atoms. The van der Waals surface area contributed by atoms with Crippen molar-refractivity contribution in [2.75, 3.05) is 0 Å². The van der Waals surface area contributed by atoms with E-state index in [9.17, 15) is 4.79 Å². The lowest BCUT2D eigenvalue weighted by Crippen LogP contribution is -2.06. The van der Waals surface area contributed by atoms with Gasteiger partial charge in [-0.15, -0.1) is 0 Å². The summed E-state index contributed by atoms with van der Waals surface area (Å²) in [5.41, 5.74) is 4.52. The van der Waals surface area contributed by atoms with Crippen molar-refractivity contribution in [3.8, 4) is 11.3 Å². The van der Waals surface area contributed by atoms with Gasteiger partial charge in [-0.05, 0) is 42.3 Å². The van der Waals surface area contributed by atoms with Crippen LogP contribution in [0.4, 0.5) is 0 Å². The summed E-state index contributed by atoms with van der Waals surface area (Å²) in [5.74, 6) is 0.169. The third-order valence-corrected chi connectivity index (χ3v) is 4.45. The third kappa shape index (κ3) is 4.06. The van der Waals surface area contributed by atoms with Gasteiger partial charge < -0.3 is 0 Å². The van der Waals surface area contributed by atoms with Crippen LogP contribution >= 0.6 is 0 Å². The molecule has 0 atom stereocenters. The molecule has 0 unspecified atom stereocenters. The maximum absolute atomic E-state index is 12.3. The van der Waals surface area contributed by atoms with Crippen molar-refractivity contribution in [1.29, 1.82) is 0 Å². The number of Topliss-reactive ketones (excluding diaryl/α,β-unsaturated/α-hetero) is 1. The van der Waals surface area contributed by atoms with Gasteiger partial charge in [0.2, 0.25) is 0 Å². The molecule has 0 bridgehead atoms. The van der Waals surface area contributed by atoms with E-state index in [2.05, 4.69) is 15.1 Å². The summed E-state index contributed by atoms with van der Waals surface area (Å²) in [6.45, 7) is 0. The quantitative estimate of drug-likeness (QED) is 0.530. The van der Waals surface area contributed by atoms with Crippen molar-refractivity contribution >= 4 is 16.7 Å². The maximum Gasteiger partial charge on any atom is 0.139 e. The average Bonchev–Trinajstić information content (AvgIpc) is 3.13. The van der Waals surface area contributed by atoms with Crippen LogP contribution in [0.2, 0.25) is 0 Å². The van der Waals surface area contributed by atoms with Gasteiger partial charge in [0.25, 0.3) is 0 Å². The van der Waals surface area contributed by atoms with Gasteiger partial charge in [-0.3, -0.25) is 19.4 Å². The lowest BCUT2D eigenvalue weighted by molar-refractivity contribution is -0.118. The van der Waals surface area contributed by atoms with E-state index < -0.39 is 0 Å². The van der Waals surface area contributed by atoms with Crippen LogP contribution in [-0.2, 0) is 24.7 Å². The van der Waals surface area contributed by atoms with E-state index in [4.69, 9.17) is 4.98 Å². The Morgan fingerprint density at radius 2 is 1.96 bits per heavy atom. The van der Waals surface area contributed by atoms with E-state index in [-0.39, 0.29) is 5.78 Å². The Morgan fingerprint density at radius 1 is 1.11 bits per heavy atom. The van der Waals surface area contributed by atoms with E-state index in [1.807, 2.05) is 43.6 Å². The summed E-state index contributed by atoms with van der Waals surface area (Å²) in [5, 5.41) is 5.15. The van der Waals surface area contributed by atoms with Gasteiger partial charge in [0.1, 0.15) is 5.78 Å². The lowest BCUT2D eigenvalue weighted by Gasteiger charge is -2.05. The highest BCUT2D eigenvalue weighted by molar-refractivity contribution is 5.84. The molecule has 0 amide bonds. The first kappa shape index (κ1) is 17.0. The van der Waals surface area contributed by atoms with Gasteiger partial charge >= 0.3 is 0 Å². The van der Waals surface area contributed by atoms with Crippen LogP contribution in [-0.4, -0.2) is 30.5 Å². The van der Waals surface area contributed by atoms with Gasteiger partial charge in [0.05, 0.1) is 17.4 Å². The normalized spacial score (nSPS) is 11.0. The molecular weight excluding hydrogens is 338 g/mol. The van der Waals surface area contributed by atoms with Gasteiger partial charge in [0, 0.05) is 61.3 Å². The largest absolute Gasteiger partial charge is 0.299 e. The number of aryl methyl sites for hydroxylation is 2. The highest BCUT2D eigenvalue weighted by Gasteiger charge is 2.09. The Kier molecular flexibility index (Phi) is 4.70. The lowest BCUT2D eigenvalue weighted by atomic mass is 10.1. The Bertz CT molecular complexity index is 1090. The molecule has 4 aromatic rings. The molecule has 6 nitrogen and oxygen atoms in total. The first-order valence-electron chi connectivity index (χ1n) is 8.83. The molecule has 0 saturated carbocycles. The van der Waals surface area contributed by atoms with E-state index in [1.54, 1.807) is 29.5 Å². The van der Waals surface area contributed by atoms with Gasteiger partial charge in [-0.1, -0.05) is 0 Å². The van der Waals surface area contributed by atoms with Crippen LogP contribution in [0.15, 0.2) is 61.3 Å². The summed E-state index contributed by atoms with van der Waals surface area (Å²) in [7, 11) is 1.88. The molecule has 4 rings (SSSR count). The zero-order chi connectivity index (χ0) is 18.6. The number of ketones is 1. The number of nitrogens with zero attached hydrogens (tertiary/aromatic N) is 5. The minimum Gasteiger partial charge on any atom is -0.299 e. The smallest absolute Gasteiger partial charge is 0.139 e. The molecule has 0 radical (unpaired) electrons. The standard InChI is InChI=1S/C21H19N5O/c1-26-14-17(13-24-26)20-5-3-16-12-23-18(11-21(16)25-20)10-19(27)4-2-15-6-8-22-9-7-15/h3,5-9,11-14H,2,4,10H2,1H3. The predicted octanol–water partition coefficient (Wildman–Crippen LogP) is 3.17. The Labute approximate surface area is 156 Å². The van der Waals surface area contributed by atoms with Crippen molar-refractivity contribution < 1.29 is 4.79 Å². The number of hydrogen-bond donors (Lipinski definition) is 0. The van der Waals surface area contributed by atoms with Gasteiger partial charge in [-0.2, -0.15) is 5.10 Å².